The van der Waals surface area contributed by atoms with Crippen LogP contribution in [0.3, 0.4) is 0 Å². The molecule has 0 radical (unpaired) electrons. The monoisotopic (exact) mass is 536 g/mol. The van der Waals surface area contributed by atoms with Crippen molar-refractivity contribution in [2.45, 2.75) is 45.2 Å². The fraction of sp³-hybridized carbons (Fsp3) is 0.310. The fourth-order valence-electron chi connectivity index (χ4n) is 3.83. The number of nitrogens with one attached hydrogen (secondary N) is 1. The number of halogens is 1. The van der Waals surface area contributed by atoms with Gasteiger partial charge in [-0.15, -0.1) is 0 Å². The van der Waals surface area contributed by atoms with E-state index in [1.807, 2.05) is 78.9 Å². The Kier molecular flexibility index (Phi) is 9.10. The largest absolute Gasteiger partial charge is 0.484 e. The molecule has 1 atom stereocenters. The van der Waals surface area contributed by atoms with Crippen LogP contribution in [0, 0.1) is 0 Å². The second-order valence-corrected chi connectivity index (χ2v) is 10.5. The van der Waals surface area contributed by atoms with Gasteiger partial charge in [-0.3, -0.25) is 9.59 Å². The summed E-state index contributed by atoms with van der Waals surface area (Å²) in [5.41, 5.74) is 3.12. The predicted molar refractivity (Wildman–Crippen MR) is 143 cm³/mol. The van der Waals surface area contributed by atoms with E-state index in [1.165, 1.54) is 5.56 Å². The summed E-state index contributed by atoms with van der Waals surface area (Å²) in [5, 5.41) is 2.73. The first-order chi connectivity index (χ1) is 16.7. The van der Waals surface area contributed by atoms with Crippen molar-refractivity contribution in [2.24, 2.45) is 0 Å². The summed E-state index contributed by atoms with van der Waals surface area (Å²) in [5.74, 6) is 0.148. The molecule has 0 aliphatic carbocycles. The minimum absolute atomic E-state index is 0.0350. The number of carbonyl (C=O) groups is 2. The molecule has 0 heterocycles. The number of hydrogen-bond donors (Lipinski definition) is 1. The van der Waals surface area contributed by atoms with Crippen molar-refractivity contribution in [3.05, 3.63) is 100 Å². The van der Waals surface area contributed by atoms with Crippen LogP contribution in [0.5, 0.6) is 5.75 Å². The predicted octanol–water partition coefficient (Wildman–Crippen LogP) is 5.51. The number of rotatable bonds is 9. The molecule has 184 valence electrons. The van der Waals surface area contributed by atoms with Gasteiger partial charge in [-0.25, -0.2) is 0 Å². The third kappa shape index (κ3) is 7.69. The molecule has 0 aliphatic heterocycles. The van der Waals surface area contributed by atoms with Gasteiger partial charge in [0.1, 0.15) is 11.8 Å². The molecular weight excluding hydrogens is 504 g/mol. The Balaban J connectivity index is 1.84. The number of amides is 2. The summed E-state index contributed by atoms with van der Waals surface area (Å²) in [6, 6.07) is 24.6. The SMILES string of the molecule is CNC(=O)C(Cc1ccccc1)N(Cc1cccc(Br)c1)C(=O)COc1ccc(C(C)(C)C)cc1. The summed E-state index contributed by atoms with van der Waals surface area (Å²) in [4.78, 5) is 28.1. The molecule has 1 unspecified atom stereocenters. The van der Waals surface area contributed by atoms with Crippen LogP contribution in [-0.2, 0) is 28.0 Å². The third-order valence-electron chi connectivity index (χ3n) is 5.84. The van der Waals surface area contributed by atoms with Crippen molar-refractivity contribution < 1.29 is 14.3 Å². The van der Waals surface area contributed by atoms with Crippen LogP contribution >= 0.6 is 15.9 Å². The number of carbonyl (C=O) groups excluding carboxylic acids is 2. The number of hydrogen-bond acceptors (Lipinski definition) is 3. The second kappa shape index (κ2) is 12.0. The van der Waals surface area contributed by atoms with E-state index in [-0.39, 0.29) is 30.4 Å². The molecule has 0 aliphatic rings. The number of ether oxygens (including phenoxy) is 1. The lowest BCUT2D eigenvalue weighted by Gasteiger charge is -2.31. The summed E-state index contributed by atoms with van der Waals surface area (Å²) < 4.78 is 6.77. The van der Waals surface area contributed by atoms with Crippen molar-refractivity contribution in [3.63, 3.8) is 0 Å². The Hall–Kier alpha value is -3.12. The van der Waals surface area contributed by atoms with Gasteiger partial charge in [0.2, 0.25) is 5.91 Å². The zero-order valence-corrected chi connectivity index (χ0v) is 22.3. The van der Waals surface area contributed by atoms with Gasteiger partial charge < -0.3 is 15.0 Å². The maximum absolute atomic E-state index is 13.5. The molecule has 0 bridgehead atoms. The molecule has 0 aromatic heterocycles. The molecule has 1 N–H and O–H groups in total. The first kappa shape index (κ1) is 26.5. The number of benzene rings is 3. The Bertz CT molecular complexity index is 1120. The lowest BCUT2D eigenvalue weighted by Crippen LogP contribution is -2.51. The Morgan fingerprint density at radius 2 is 1.60 bits per heavy atom. The van der Waals surface area contributed by atoms with Crippen LogP contribution in [0.1, 0.15) is 37.5 Å². The second-order valence-electron chi connectivity index (χ2n) is 9.53. The van der Waals surface area contributed by atoms with Crippen molar-refractivity contribution in [1.82, 2.24) is 10.2 Å². The standard InChI is InChI=1S/C29H33BrN2O3/c1-29(2,3)23-13-15-25(16-14-23)35-20-27(33)32(19-22-11-8-12-24(30)17-22)26(28(34)31-4)18-21-9-6-5-7-10-21/h5-17,26H,18-20H2,1-4H3,(H,31,34). The molecule has 6 heteroatoms. The van der Waals surface area contributed by atoms with E-state index in [1.54, 1.807) is 11.9 Å². The zero-order chi connectivity index (χ0) is 25.4. The molecule has 3 aromatic carbocycles. The van der Waals surface area contributed by atoms with Crippen LogP contribution in [0.25, 0.3) is 0 Å². The van der Waals surface area contributed by atoms with E-state index in [9.17, 15) is 9.59 Å². The minimum atomic E-state index is -0.680. The molecule has 0 fully saturated rings. The van der Waals surface area contributed by atoms with Crippen molar-refractivity contribution in [1.29, 1.82) is 0 Å². The van der Waals surface area contributed by atoms with Crippen LogP contribution in [-0.4, -0.2) is 36.4 Å². The summed E-state index contributed by atoms with van der Waals surface area (Å²) >= 11 is 3.50. The van der Waals surface area contributed by atoms with E-state index in [0.29, 0.717) is 12.2 Å². The molecule has 35 heavy (non-hydrogen) atoms. The quantitative estimate of drug-likeness (QED) is 0.392. The van der Waals surface area contributed by atoms with Gasteiger partial charge in [0.05, 0.1) is 0 Å². The average Bonchev–Trinajstić information content (AvgIpc) is 2.84. The van der Waals surface area contributed by atoms with Gasteiger partial charge in [0.25, 0.3) is 5.91 Å². The molecule has 0 spiro atoms. The highest BCUT2D eigenvalue weighted by Gasteiger charge is 2.30. The molecule has 0 saturated heterocycles. The zero-order valence-electron chi connectivity index (χ0n) is 20.8. The molecule has 3 rings (SSSR count). The Morgan fingerprint density at radius 1 is 0.943 bits per heavy atom. The van der Waals surface area contributed by atoms with Crippen LogP contribution in [0.2, 0.25) is 0 Å². The van der Waals surface area contributed by atoms with E-state index in [4.69, 9.17) is 4.74 Å². The van der Waals surface area contributed by atoms with E-state index in [0.717, 1.165) is 15.6 Å². The highest BCUT2D eigenvalue weighted by atomic mass is 79.9. The topological polar surface area (TPSA) is 58.6 Å². The fourth-order valence-corrected chi connectivity index (χ4v) is 4.28. The summed E-state index contributed by atoms with van der Waals surface area (Å²) in [6.07, 6.45) is 0.403. The first-order valence-electron chi connectivity index (χ1n) is 11.7. The molecule has 2 amide bonds. The number of likely N-dealkylation sites (N-methyl/N-ethyl adjacent to an activating group) is 1. The Labute approximate surface area is 216 Å². The van der Waals surface area contributed by atoms with Crippen molar-refractivity contribution >= 4 is 27.7 Å². The number of nitrogens with zero attached hydrogens (tertiary/aromatic N) is 1. The highest BCUT2D eigenvalue weighted by molar-refractivity contribution is 9.10. The lowest BCUT2D eigenvalue weighted by atomic mass is 9.87. The van der Waals surface area contributed by atoms with Crippen molar-refractivity contribution in [2.75, 3.05) is 13.7 Å². The maximum Gasteiger partial charge on any atom is 0.261 e. The first-order valence-corrected chi connectivity index (χ1v) is 12.5. The smallest absolute Gasteiger partial charge is 0.261 e. The molecule has 0 saturated carbocycles. The normalized spacial score (nSPS) is 12.0. The minimum Gasteiger partial charge on any atom is -0.484 e. The van der Waals surface area contributed by atoms with Gasteiger partial charge in [-0.1, -0.05) is 91.3 Å². The average molecular weight is 537 g/mol. The van der Waals surface area contributed by atoms with Crippen LogP contribution < -0.4 is 10.1 Å². The summed E-state index contributed by atoms with van der Waals surface area (Å²) in [6.45, 7) is 6.58. The van der Waals surface area contributed by atoms with Crippen LogP contribution in [0.15, 0.2) is 83.3 Å². The summed E-state index contributed by atoms with van der Waals surface area (Å²) in [7, 11) is 1.59. The van der Waals surface area contributed by atoms with Gasteiger partial charge >= 0.3 is 0 Å². The van der Waals surface area contributed by atoms with Gasteiger partial charge in [-0.2, -0.15) is 0 Å². The van der Waals surface area contributed by atoms with Gasteiger partial charge in [0.15, 0.2) is 6.61 Å². The van der Waals surface area contributed by atoms with Crippen molar-refractivity contribution in [3.8, 4) is 5.75 Å². The molecule has 5 nitrogen and oxygen atoms in total. The van der Waals surface area contributed by atoms with E-state index < -0.39 is 6.04 Å². The van der Waals surface area contributed by atoms with Gasteiger partial charge in [-0.05, 0) is 46.4 Å². The van der Waals surface area contributed by atoms with Crippen LogP contribution in [0.4, 0.5) is 0 Å². The van der Waals surface area contributed by atoms with E-state index in [2.05, 4.69) is 42.0 Å². The third-order valence-corrected chi connectivity index (χ3v) is 6.34. The van der Waals surface area contributed by atoms with E-state index >= 15 is 0 Å². The molecular formula is C29H33BrN2O3. The Morgan fingerprint density at radius 3 is 2.20 bits per heavy atom. The lowest BCUT2D eigenvalue weighted by molar-refractivity contribution is -0.142. The maximum atomic E-state index is 13.5. The van der Waals surface area contributed by atoms with Gasteiger partial charge in [0, 0.05) is 24.5 Å². The molecule has 3 aromatic rings. The highest BCUT2D eigenvalue weighted by Crippen LogP contribution is 2.24.